The van der Waals surface area contributed by atoms with Gasteiger partial charge in [0.05, 0.1) is 11.3 Å². The van der Waals surface area contributed by atoms with E-state index in [1.807, 2.05) is 77.7 Å². The topological polar surface area (TPSA) is 61.4 Å². The highest BCUT2D eigenvalue weighted by Crippen LogP contribution is 2.38. The largest absolute Gasteiger partial charge is 0.354 e. The lowest BCUT2D eigenvalue weighted by atomic mass is 9.98. The molecule has 1 aliphatic rings. The van der Waals surface area contributed by atoms with E-state index in [9.17, 15) is 9.59 Å². The molecular formula is C28H29N3O2. The van der Waals surface area contributed by atoms with E-state index in [0.29, 0.717) is 35.6 Å². The van der Waals surface area contributed by atoms with E-state index in [1.165, 1.54) is 0 Å². The van der Waals surface area contributed by atoms with Gasteiger partial charge in [-0.3, -0.25) is 9.59 Å². The van der Waals surface area contributed by atoms with Crippen molar-refractivity contribution in [2.24, 2.45) is 0 Å². The Morgan fingerprint density at radius 2 is 1.48 bits per heavy atom. The van der Waals surface area contributed by atoms with Crippen LogP contribution < -0.4 is 10.6 Å². The second-order valence-corrected chi connectivity index (χ2v) is 8.11. The van der Waals surface area contributed by atoms with Gasteiger partial charge in [0, 0.05) is 35.6 Å². The van der Waals surface area contributed by atoms with E-state index in [0.717, 1.165) is 29.7 Å². The number of nitrogens with one attached hydrogen (secondary N) is 2. The fraction of sp³-hybridized carbons (Fsp3) is 0.214. The summed E-state index contributed by atoms with van der Waals surface area (Å²) in [6.07, 6.45) is 1.81. The van der Waals surface area contributed by atoms with Crippen LogP contribution in [0.3, 0.4) is 0 Å². The first-order chi connectivity index (χ1) is 16.1. The van der Waals surface area contributed by atoms with Gasteiger partial charge >= 0.3 is 0 Å². The zero-order valence-electron chi connectivity index (χ0n) is 19.1. The van der Waals surface area contributed by atoms with Crippen molar-refractivity contribution in [1.82, 2.24) is 4.90 Å². The number of hydrogen-bond donors (Lipinski definition) is 2. The van der Waals surface area contributed by atoms with Crippen molar-refractivity contribution in [2.45, 2.75) is 26.7 Å². The van der Waals surface area contributed by atoms with E-state index >= 15 is 0 Å². The molecule has 2 N–H and O–H groups in total. The van der Waals surface area contributed by atoms with Gasteiger partial charge in [-0.25, -0.2) is 0 Å². The highest BCUT2D eigenvalue weighted by Gasteiger charge is 2.30. The Bertz CT molecular complexity index is 1160. The molecule has 4 rings (SSSR count). The van der Waals surface area contributed by atoms with Crippen LogP contribution in [0.4, 0.5) is 11.4 Å². The molecule has 3 aromatic rings. The van der Waals surface area contributed by atoms with Gasteiger partial charge < -0.3 is 15.5 Å². The standard InChI is InChI=1S/C28H29N3O2/c1-3-17-31(18-4-2)28(33)21-15-16-24-23(19-21)25(27(32)30-24)26(20-11-7-5-8-12-20)29-22-13-9-6-10-14-22/h5-16,19,29H,3-4,17-18H2,1-2H3,(H,30,32). The van der Waals surface area contributed by atoms with Crippen LogP contribution in [0.15, 0.2) is 78.9 Å². The molecule has 168 valence electrons. The van der Waals surface area contributed by atoms with Crippen LogP contribution in [0.2, 0.25) is 0 Å². The number of benzene rings is 3. The van der Waals surface area contributed by atoms with Crippen molar-refractivity contribution >= 4 is 34.5 Å². The second kappa shape index (κ2) is 10.2. The molecule has 0 saturated heterocycles. The van der Waals surface area contributed by atoms with Crippen LogP contribution in [0, 0.1) is 0 Å². The maximum Gasteiger partial charge on any atom is 0.258 e. The molecule has 0 aromatic heterocycles. The van der Waals surface area contributed by atoms with E-state index in [2.05, 4.69) is 24.5 Å². The fourth-order valence-electron chi connectivity index (χ4n) is 4.14. The molecule has 0 atom stereocenters. The number of anilines is 2. The van der Waals surface area contributed by atoms with Crippen molar-refractivity contribution in [3.8, 4) is 0 Å². The molecule has 5 nitrogen and oxygen atoms in total. The van der Waals surface area contributed by atoms with Crippen LogP contribution in [-0.4, -0.2) is 29.8 Å². The van der Waals surface area contributed by atoms with Crippen molar-refractivity contribution in [1.29, 1.82) is 0 Å². The van der Waals surface area contributed by atoms with Crippen LogP contribution in [-0.2, 0) is 4.79 Å². The van der Waals surface area contributed by atoms with Gasteiger partial charge in [-0.2, -0.15) is 0 Å². The molecule has 33 heavy (non-hydrogen) atoms. The summed E-state index contributed by atoms with van der Waals surface area (Å²) in [5.74, 6) is -0.187. The normalized spacial score (nSPS) is 13.8. The zero-order valence-corrected chi connectivity index (χ0v) is 19.1. The van der Waals surface area contributed by atoms with Gasteiger partial charge in [-0.1, -0.05) is 62.4 Å². The maximum absolute atomic E-state index is 13.2. The molecule has 3 aromatic carbocycles. The number of amides is 2. The Kier molecular flexibility index (Phi) is 6.89. The van der Waals surface area contributed by atoms with Crippen LogP contribution in [0.1, 0.15) is 48.2 Å². The molecule has 0 aliphatic carbocycles. The predicted octanol–water partition coefficient (Wildman–Crippen LogP) is 5.88. The van der Waals surface area contributed by atoms with E-state index in [4.69, 9.17) is 0 Å². The first-order valence-corrected chi connectivity index (χ1v) is 11.5. The lowest BCUT2D eigenvalue weighted by Gasteiger charge is -2.22. The molecule has 1 aliphatic heterocycles. The number of para-hydroxylation sites is 1. The molecule has 0 unspecified atom stereocenters. The molecule has 1 heterocycles. The third-order valence-electron chi connectivity index (χ3n) is 5.64. The number of nitrogens with zero attached hydrogens (tertiary/aromatic N) is 1. The Balaban J connectivity index is 1.82. The maximum atomic E-state index is 13.2. The van der Waals surface area contributed by atoms with Crippen molar-refractivity contribution in [3.63, 3.8) is 0 Å². The number of fused-ring (bicyclic) bond motifs is 1. The molecule has 0 spiro atoms. The third kappa shape index (κ3) is 4.82. The quantitative estimate of drug-likeness (QED) is 0.431. The van der Waals surface area contributed by atoms with E-state index < -0.39 is 0 Å². The highest BCUT2D eigenvalue weighted by molar-refractivity contribution is 6.37. The summed E-state index contributed by atoms with van der Waals surface area (Å²) in [6.45, 7) is 5.58. The van der Waals surface area contributed by atoms with Gasteiger partial charge in [0.2, 0.25) is 0 Å². The zero-order chi connectivity index (χ0) is 23.2. The highest BCUT2D eigenvalue weighted by atomic mass is 16.2. The average Bonchev–Trinajstić information content (AvgIpc) is 3.18. The molecule has 2 amide bonds. The molecule has 0 fully saturated rings. The van der Waals surface area contributed by atoms with E-state index in [-0.39, 0.29) is 11.8 Å². The minimum Gasteiger partial charge on any atom is -0.354 e. The van der Waals surface area contributed by atoms with Crippen molar-refractivity contribution < 1.29 is 9.59 Å². The summed E-state index contributed by atoms with van der Waals surface area (Å²) >= 11 is 0. The van der Waals surface area contributed by atoms with Gasteiger partial charge in [-0.15, -0.1) is 0 Å². The Labute approximate surface area is 195 Å². The van der Waals surface area contributed by atoms with Gasteiger partial charge in [0.25, 0.3) is 11.8 Å². The average molecular weight is 440 g/mol. The molecule has 0 saturated carbocycles. The molecule has 0 bridgehead atoms. The number of hydrogen-bond acceptors (Lipinski definition) is 3. The van der Waals surface area contributed by atoms with Gasteiger partial charge in [0.1, 0.15) is 0 Å². The lowest BCUT2D eigenvalue weighted by molar-refractivity contribution is -0.110. The first kappa shape index (κ1) is 22.3. The number of carbonyl (C=O) groups excluding carboxylic acids is 2. The van der Waals surface area contributed by atoms with Crippen LogP contribution in [0.5, 0.6) is 0 Å². The summed E-state index contributed by atoms with van der Waals surface area (Å²) in [5, 5.41) is 6.41. The SMILES string of the molecule is CCCN(CCC)C(=O)c1ccc2c(c1)C(=C(Nc1ccccc1)c1ccccc1)C(=O)N2. The van der Waals surface area contributed by atoms with Crippen molar-refractivity contribution in [2.75, 3.05) is 23.7 Å². The summed E-state index contributed by atoms with van der Waals surface area (Å²) in [6, 6.07) is 25.0. The Morgan fingerprint density at radius 1 is 0.848 bits per heavy atom. The van der Waals surface area contributed by atoms with E-state index in [1.54, 1.807) is 6.07 Å². The third-order valence-corrected chi connectivity index (χ3v) is 5.64. The van der Waals surface area contributed by atoms with Gasteiger partial charge in [0.15, 0.2) is 0 Å². The minimum atomic E-state index is -0.184. The second-order valence-electron chi connectivity index (χ2n) is 8.11. The van der Waals surface area contributed by atoms with Gasteiger partial charge in [-0.05, 0) is 48.7 Å². The number of carbonyl (C=O) groups is 2. The smallest absolute Gasteiger partial charge is 0.258 e. The predicted molar refractivity (Wildman–Crippen MR) is 135 cm³/mol. The fourth-order valence-corrected chi connectivity index (χ4v) is 4.14. The molecule has 0 radical (unpaired) electrons. The lowest BCUT2D eigenvalue weighted by Crippen LogP contribution is -2.32. The van der Waals surface area contributed by atoms with Crippen molar-refractivity contribution in [3.05, 3.63) is 95.6 Å². The summed E-state index contributed by atoms with van der Waals surface area (Å²) in [7, 11) is 0. The summed E-state index contributed by atoms with van der Waals surface area (Å²) in [4.78, 5) is 28.3. The Hall–Kier alpha value is -3.86. The van der Waals surface area contributed by atoms with Crippen LogP contribution >= 0.6 is 0 Å². The minimum absolute atomic E-state index is 0.00233. The van der Waals surface area contributed by atoms with Crippen LogP contribution in [0.25, 0.3) is 11.3 Å². The molecular weight excluding hydrogens is 410 g/mol. The first-order valence-electron chi connectivity index (χ1n) is 11.5. The molecule has 5 heteroatoms. The monoisotopic (exact) mass is 439 g/mol. The number of rotatable bonds is 8. The summed E-state index contributed by atoms with van der Waals surface area (Å²) in [5.41, 5.74) is 5.07. The Morgan fingerprint density at radius 3 is 2.12 bits per heavy atom. The summed E-state index contributed by atoms with van der Waals surface area (Å²) < 4.78 is 0.